The molecular weight excluding hydrogens is 346 g/mol. The summed E-state index contributed by atoms with van der Waals surface area (Å²) in [5.41, 5.74) is 5.40. The summed E-state index contributed by atoms with van der Waals surface area (Å²) in [5.74, 6) is 1.09. The van der Waals surface area contributed by atoms with Crippen molar-refractivity contribution in [2.45, 2.75) is 33.1 Å². The van der Waals surface area contributed by atoms with E-state index >= 15 is 0 Å². The quantitative estimate of drug-likeness (QED) is 0.536. The fourth-order valence-corrected chi connectivity index (χ4v) is 3.30. The number of benzene rings is 3. The molecule has 3 aromatic carbocycles. The van der Waals surface area contributed by atoms with Crippen LogP contribution in [0.1, 0.15) is 37.5 Å². The molecule has 0 heterocycles. The molecule has 0 fully saturated rings. The van der Waals surface area contributed by atoms with Crippen LogP contribution in [0.4, 0.5) is 5.69 Å². The summed E-state index contributed by atoms with van der Waals surface area (Å²) in [6, 6.07) is 19.8. The van der Waals surface area contributed by atoms with Crippen molar-refractivity contribution in [2.75, 3.05) is 7.11 Å². The SMILES string of the molecule is COc1ccccc1-c1ccccc1N=Cc1cc(C)cc(C(C)(C)C)c1O. The van der Waals surface area contributed by atoms with Gasteiger partial charge < -0.3 is 9.84 Å². The van der Waals surface area contributed by atoms with E-state index in [2.05, 4.69) is 20.8 Å². The maximum atomic E-state index is 10.8. The number of aromatic hydroxyl groups is 1. The van der Waals surface area contributed by atoms with Gasteiger partial charge >= 0.3 is 0 Å². The largest absolute Gasteiger partial charge is 0.507 e. The van der Waals surface area contributed by atoms with E-state index in [1.54, 1.807) is 13.3 Å². The minimum absolute atomic E-state index is 0.145. The van der Waals surface area contributed by atoms with Crippen molar-refractivity contribution in [3.05, 3.63) is 77.4 Å². The lowest BCUT2D eigenvalue weighted by Gasteiger charge is -2.22. The van der Waals surface area contributed by atoms with Crippen molar-refractivity contribution in [3.8, 4) is 22.6 Å². The van der Waals surface area contributed by atoms with E-state index in [4.69, 9.17) is 9.73 Å². The smallest absolute Gasteiger partial charge is 0.128 e. The van der Waals surface area contributed by atoms with Gasteiger partial charge in [-0.2, -0.15) is 0 Å². The maximum Gasteiger partial charge on any atom is 0.128 e. The number of ether oxygens (including phenoxy) is 1. The maximum absolute atomic E-state index is 10.8. The third-order valence-corrected chi connectivity index (χ3v) is 4.74. The van der Waals surface area contributed by atoms with Crippen molar-refractivity contribution >= 4 is 11.9 Å². The third kappa shape index (κ3) is 4.09. The lowest BCUT2D eigenvalue weighted by molar-refractivity contribution is 0.416. The van der Waals surface area contributed by atoms with E-state index in [9.17, 15) is 5.11 Å². The Labute approximate surface area is 167 Å². The first-order chi connectivity index (χ1) is 13.3. The van der Waals surface area contributed by atoms with Crippen molar-refractivity contribution < 1.29 is 9.84 Å². The highest BCUT2D eigenvalue weighted by Crippen LogP contribution is 2.37. The Morgan fingerprint density at radius 3 is 2.25 bits per heavy atom. The summed E-state index contributed by atoms with van der Waals surface area (Å²) in [4.78, 5) is 4.71. The molecule has 1 N–H and O–H groups in total. The van der Waals surface area contributed by atoms with Gasteiger partial charge in [0.1, 0.15) is 11.5 Å². The molecule has 0 aliphatic heterocycles. The Morgan fingerprint density at radius 2 is 1.57 bits per heavy atom. The molecule has 0 saturated heterocycles. The van der Waals surface area contributed by atoms with Crippen LogP contribution in [0.5, 0.6) is 11.5 Å². The number of aryl methyl sites for hydroxylation is 1. The van der Waals surface area contributed by atoms with Crippen LogP contribution in [0.2, 0.25) is 0 Å². The second-order valence-electron chi connectivity index (χ2n) is 7.98. The van der Waals surface area contributed by atoms with Gasteiger partial charge in [0.25, 0.3) is 0 Å². The van der Waals surface area contributed by atoms with Crippen molar-refractivity contribution in [3.63, 3.8) is 0 Å². The minimum atomic E-state index is -0.145. The summed E-state index contributed by atoms with van der Waals surface area (Å²) >= 11 is 0. The standard InChI is InChI=1S/C25H27NO2/c1-17-14-18(24(27)21(15-17)25(2,3)4)16-26-22-12-8-6-10-19(22)20-11-7-9-13-23(20)28-5/h6-16,27H,1-5H3. The van der Waals surface area contributed by atoms with Gasteiger partial charge in [0.05, 0.1) is 12.8 Å². The molecule has 28 heavy (non-hydrogen) atoms. The molecule has 0 unspecified atom stereocenters. The predicted molar refractivity (Wildman–Crippen MR) is 117 cm³/mol. The molecule has 0 amide bonds. The average Bonchev–Trinajstić information content (AvgIpc) is 2.67. The van der Waals surface area contributed by atoms with Gasteiger partial charge in [0, 0.05) is 28.5 Å². The number of aliphatic imine (C=N–C) groups is 1. The molecule has 3 heteroatoms. The highest BCUT2D eigenvalue weighted by molar-refractivity contribution is 5.89. The third-order valence-electron chi connectivity index (χ3n) is 4.74. The number of hydrogen-bond acceptors (Lipinski definition) is 3. The minimum Gasteiger partial charge on any atom is -0.507 e. The molecule has 0 bridgehead atoms. The molecule has 0 aromatic heterocycles. The zero-order valence-corrected chi connectivity index (χ0v) is 17.2. The van der Waals surface area contributed by atoms with E-state index in [-0.39, 0.29) is 11.2 Å². The first-order valence-electron chi connectivity index (χ1n) is 9.42. The Balaban J connectivity index is 2.07. The molecule has 0 radical (unpaired) electrons. The molecule has 3 aromatic rings. The van der Waals surface area contributed by atoms with Crippen LogP contribution in [0, 0.1) is 6.92 Å². The van der Waals surface area contributed by atoms with E-state index in [1.165, 1.54) is 0 Å². The van der Waals surface area contributed by atoms with Gasteiger partial charge in [-0.05, 0) is 36.1 Å². The number of hydrogen-bond donors (Lipinski definition) is 1. The molecule has 144 valence electrons. The number of para-hydroxylation sites is 2. The number of nitrogens with zero attached hydrogens (tertiary/aromatic N) is 1. The summed E-state index contributed by atoms with van der Waals surface area (Å²) in [6.45, 7) is 8.33. The Hall–Kier alpha value is -3.07. The highest BCUT2D eigenvalue weighted by Gasteiger charge is 2.20. The Kier molecular flexibility index (Phi) is 5.55. The molecule has 0 aliphatic rings. The molecule has 0 atom stereocenters. The van der Waals surface area contributed by atoms with Crippen LogP contribution < -0.4 is 4.74 Å². The van der Waals surface area contributed by atoms with Gasteiger partial charge in [-0.3, -0.25) is 4.99 Å². The Bertz CT molecular complexity index is 1010. The van der Waals surface area contributed by atoms with Gasteiger partial charge in [0.2, 0.25) is 0 Å². The van der Waals surface area contributed by atoms with Crippen molar-refractivity contribution in [1.29, 1.82) is 0 Å². The van der Waals surface area contributed by atoms with Gasteiger partial charge in [-0.1, -0.05) is 63.2 Å². The van der Waals surface area contributed by atoms with Crippen LogP contribution in [0.25, 0.3) is 11.1 Å². The number of rotatable bonds is 4. The second kappa shape index (κ2) is 7.89. The van der Waals surface area contributed by atoms with Crippen LogP contribution in [-0.4, -0.2) is 18.4 Å². The van der Waals surface area contributed by atoms with Crippen LogP contribution in [0.15, 0.2) is 65.7 Å². The first kappa shape index (κ1) is 19.7. The van der Waals surface area contributed by atoms with Crippen molar-refractivity contribution in [2.24, 2.45) is 4.99 Å². The molecule has 3 nitrogen and oxygen atoms in total. The lowest BCUT2D eigenvalue weighted by Crippen LogP contribution is -2.12. The van der Waals surface area contributed by atoms with Crippen LogP contribution >= 0.6 is 0 Å². The van der Waals surface area contributed by atoms with E-state index < -0.39 is 0 Å². The number of phenolic OH excluding ortho intramolecular Hbond substituents is 1. The molecule has 0 spiro atoms. The summed E-state index contributed by atoms with van der Waals surface area (Å²) in [7, 11) is 1.67. The summed E-state index contributed by atoms with van der Waals surface area (Å²) in [6.07, 6.45) is 1.74. The molecule has 0 saturated carbocycles. The lowest BCUT2D eigenvalue weighted by atomic mass is 9.84. The van der Waals surface area contributed by atoms with Crippen molar-refractivity contribution in [1.82, 2.24) is 0 Å². The van der Waals surface area contributed by atoms with Gasteiger partial charge in [0.15, 0.2) is 0 Å². The van der Waals surface area contributed by atoms with Gasteiger partial charge in [-0.25, -0.2) is 0 Å². The second-order valence-corrected chi connectivity index (χ2v) is 7.98. The summed E-state index contributed by atoms with van der Waals surface area (Å²) < 4.78 is 5.51. The number of methoxy groups -OCH3 is 1. The topological polar surface area (TPSA) is 41.8 Å². The number of phenols is 1. The molecular formula is C25H27NO2. The molecule has 3 rings (SSSR count). The predicted octanol–water partition coefficient (Wildman–Crippen LogP) is 6.42. The van der Waals surface area contributed by atoms with E-state index in [1.807, 2.05) is 67.6 Å². The van der Waals surface area contributed by atoms with Crippen LogP contribution in [0.3, 0.4) is 0 Å². The van der Waals surface area contributed by atoms with Crippen LogP contribution in [-0.2, 0) is 5.41 Å². The zero-order chi connectivity index (χ0) is 20.3. The first-order valence-corrected chi connectivity index (χ1v) is 9.42. The fourth-order valence-electron chi connectivity index (χ4n) is 3.30. The summed E-state index contributed by atoms with van der Waals surface area (Å²) in [5, 5.41) is 10.8. The fraction of sp³-hybridized carbons (Fsp3) is 0.240. The average molecular weight is 373 g/mol. The highest BCUT2D eigenvalue weighted by atomic mass is 16.5. The zero-order valence-electron chi connectivity index (χ0n) is 17.2. The monoisotopic (exact) mass is 373 g/mol. The molecule has 0 aliphatic carbocycles. The normalized spacial score (nSPS) is 11.8. The van der Waals surface area contributed by atoms with Gasteiger partial charge in [-0.15, -0.1) is 0 Å². The van der Waals surface area contributed by atoms with E-state index in [0.29, 0.717) is 0 Å². The van der Waals surface area contributed by atoms with E-state index in [0.717, 1.165) is 39.3 Å². The Morgan fingerprint density at radius 1 is 0.929 bits per heavy atom.